The van der Waals surface area contributed by atoms with E-state index in [0.717, 1.165) is 0 Å². The SMILES string of the molecule is CNC(C)=O.c1cn[nH]c1. The fourth-order valence-corrected chi connectivity index (χ4v) is 0.215. The van der Waals surface area contributed by atoms with E-state index in [1.165, 1.54) is 6.92 Å². The molecule has 56 valence electrons. The van der Waals surface area contributed by atoms with E-state index < -0.39 is 0 Å². The van der Waals surface area contributed by atoms with Crippen molar-refractivity contribution in [1.82, 2.24) is 15.5 Å². The van der Waals surface area contributed by atoms with Crippen LogP contribution in [-0.4, -0.2) is 23.2 Å². The minimum Gasteiger partial charge on any atom is -0.359 e. The van der Waals surface area contributed by atoms with Gasteiger partial charge >= 0.3 is 0 Å². The summed E-state index contributed by atoms with van der Waals surface area (Å²) in [6, 6.07) is 1.83. The van der Waals surface area contributed by atoms with Crippen molar-refractivity contribution < 1.29 is 4.79 Å². The molecule has 4 nitrogen and oxygen atoms in total. The van der Waals surface area contributed by atoms with Crippen LogP contribution in [0.1, 0.15) is 6.92 Å². The first-order valence-corrected chi connectivity index (χ1v) is 2.89. The van der Waals surface area contributed by atoms with Gasteiger partial charge in [-0.2, -0.15) is 5.10 Å². The molecule has 0 aromatic carbocycles. The summed E-state index contributed by atoms with van der Waals surface area (Å²) in [6.07, 6.45) is 3.46. The molecule has 0 aliphatic rings. The number of carbonyl (C=O) groups excluding carboxylic acids is 1. The highest BCUT2D eigenvalue weighted by Crippen LogP contribution is 1.64. The smallest absolute Gasteiger partial charge is 0.216 e. The lowest BCUT2D eigenvalue weighted by Gasteiger charge is -1.80. The summed E-state index contributed by atoms with van der Waals surface area (Å²) in [5, 5.41) is 8.60. The third kappa shape index (κ3) is 6.68. The van der Waals surface area contributed by atoms with Crippen LogP contribution in [0.2, 0.25) is 0 Å². The van der Waals surface area contributed by atoms with Gasteiger partial charge in [0, 0.05) is 26.4 Å². The summed E-state index contributed by atoms with van der Waals surface area (Å²) in [5.74, 6) is 0.00463. The minimum atomic E-state index is 0.00463. The second kappa shape index (κ2) is 5.81. The van der Waals surface area contributed by atoms with E-state index in [1.807, 2.05) is 6.07 Å². The topological polar surface area (TPSA) is 57.8 Å². The van der Waals surface area contributed by atoms with Crippen molar-refractivity contribution in [2.45, 2.75) is 6.92 Å². The lowest BCUT2D eigenvalue weighted by Crippen LogP contribution is -2.11. The van der Waals surface area contributed by atoms with Crippen LogP contribution < -0.4 is 5.32 Å². The summed E-state index contributed by atoms with van der Waals surface area (Å²) in [7, 11) is 1.60. The van der Waals surface area contributed by atoms with Gasteiger partial charge in [-0.15, -0.1) is 0 Å². The molecule has 4 heteroatoms. The molecule has 0 radical (unpaired) electrons. The van der Waals surface area contributed by atoms with Gasteiger partial charge < -0.3 is 5.32 Å². The second-order valence-electron chi connectivity index (χ2n) is 1.57. The zero-order chi connectivity index (χ0) is 7.82. The predicted octanol–water partition coefficient (Wildman–Crippen LogP) is 0.162. The van der Waals surface area contributed by atoms with Gasteiger partial charge in [-0.3, -0.25) is 9.89 Å². The first-order chi connectivity index (χ1) is 4.77. The molecule has 0 atom stereocenters. The molecule has 1 heterocycles. The first kappa shape index (κ1) is 8.68. The fourth-order valence-electron chi connectivity index (χ4n) is 0.215. The summed E-state index contributed by atoms with van der Waals surface area (Å²) in [5.41, 5.74) is 0. The van der Waals surface area contributed by atoms with Crippen molar-refractivity contribution >= 4 is 5.91 Å². The van der Waals surface area contributed by atoms with Gasteiger partial charge in [-0.1, -0.05) is 0 Å². The molecule has 1 aromatic heterocycles. The molecule has 2 N–H and O–H groups in total. The molecule has 0 saturated heterocycles. The van der Waals surface area contributed by atoms with Crippen LogP contribution in [0.3, 0.4) is 0 Å². The van der Waals surface area contributed by atoms with Gasteiger partial charge in [0.15, 0.2) is 0 Å². The van der Waals surface area contributed by atoms with Crippen LogP contribution in [0.4, 0.5) is 0 Å². The number of aromatic nitrogens is 2. The van der Waals surface area contributed by atoms with Crippen molar-refractivity contribution in [2.75, 3.05) is 7.05 Å². The zero-order valence-corrected chi connectivity index (χ0v) is 6.09. The fraction of sp³-hybridized carbons (Fsp3) is 0.333. The zero-order valence-electron chi connectivity index (χ0n) is 6.09. The van der Waals surface area contributed by atoms with Gasteiger partial charge in [0.1, 0.15) is 0 Å². The Balaban J connectivity index is 0.000000162. The van der Waals surface area contributed by atoms with E-state index in [4.69, 9.17) is 0 Å². The average molecular weight is 141 g/mol. The standard InChI is InChI=1S/C3H4N2.C3H7NO/c1-2-4-5-3-1;1-3(5)4-2/h1-3H,(H,4,5);1-2H3,(H,4,5). The number of rotatable bonds is 0. The Labute approximate surface area is 59.6 Å². The molecule has 1 rings (SSSR count). The highest BCUT2D eigenvalue weighted by molar-refractivity contribution is 5.72. The molecule has 1 amide bonds. The Bertz CT molecular complexity index is 142. The number of hydrogen-bond acceptors (Lipinski definition) is 2. The average Bonchev–Trinajstić information content (AvgIpc) is 2.43. The third-order valence-corrected chi connectivity index (χ3v) is 0.758. The highest BCUT2D eigenvalue weighted by Gasteiger charge is 1.72. The highest BCUT2D eigenvalue weighted by atomic mass is 16.1. The Kier molecular flexibility index (Phi) is 5.04. The van der Waals surface area contributed by atoms with E-state index in [9.17, 15) is 4.79 Å². The number of carbonyl (C=O) groups is 1. The number of nitrogens with one attached hydrogen (secondary N) is 2. The van der Waals surface area contributed by atoms with Gasteiger partial charge in [-0.25, -0.2) is 0 Å². The number of hydrogen-bond donors (Lipinski definition) is 2. The molecule has 0 spiro atoms. The van der Waals surface area contributed by atoms with E-state index in [0.29, 0.717) is 0 Å². The second-order valence-corrected chi connectivity index (χ2v) is 1.57. The number of nitrogens with zero attached hydrogens (tertiary/aromatic N) is 1. The molecule has 0 aliphatic heterocycles. The number of aromatic amines is 1. The summed E-state index contributed by atoms with van der Waals surface area (Å²) in [4.78, 5) is 9.70. The summed E-state index contributed by atoms with van der Waals surface area (Å²) >= 11 is 0. The normalized spacial score (nSPS) is 7.40. The van der Waals surface area contributed by atoms with Crippen molar-refractivity contribution in [3.63, 3.8) is 0 Å². The lowest BCUT2D eigenvalue weighted by atomic mass is 10.7. The van der Waals surface area contributed by atoms with Gasteiger partial charge in [0.25, 0.3) is 0 Å². The van der Waals surface area contributed by atoms with E-state index >= 15 is 0 Å². The van der Waals surface area contributed by atoms with Gasteiger partial charge in [-0.05, 0) is 6.07 Å². The Hall–Kier alpha value is -1.32. The van der Waals surface area contributed by atoms with Crippen LogP contribution >= 0.6 is 0 Å². The van der Waals surface area contributed by atoms with E-state index in [-0.39, 0.29) is 5.91 Å². The van der Waals surface area contributed by atoms with Crippen LogP contribution in [0, 0.1) is 0 Å². The summed E-state index contributed by atoms with van der Waals surface area (Å²) < 4.78 is 0. The predicted molar refractivity (Wildman–Crippen MR) is 38.3 cm³/mol. The first-order valence-electron chi connectivity index (χ1n) is 2.89. The Morgan fingerprint density at radius 3 is 2.40 bits per heavy atom. The van der Waals surface area contributed by atoms with Gasteiger partial charge in [0.05, 0.1) is 0 Å². The maximum atomic E-state index is 9.70. The lowest BCUT2D eigenvalue weighted by molar-refractivity contribution is -0.118. The van der Waals surface area contributed by atoms with Crippen molar-refractivity contribution in [3.05, 3.63) is 18.5 Å². The van der Waals surface area contributed by atoms with E-state index in [1.54, 1.807) is 19.4 Å². The third-order valence-electron chi connectivity index (χ3n) is 0.758. The largest absolute Gasteiger partial charge is 0.359 e. The molecule has 1 aromatic rings. The Morgan fingerprint density at radius 2 is 2.30 bits per heavy atom. The molecule has 0 aliphatic carbocycles. The van der Waals surface area contributed by atoms with Crippen molar-refractivity contribution in [2.24, 2.45) is 0 Å². The molecule has 0 unspecified atom stereocenters. The monoisotopic (exact) mass is 141 g/mol. The molecule has 10 heavy (non-hydrogen) atoms. The molecular weight excluding hydrogens is 130 g/mol. The molecular formula is C6H11N3O. The van der Waals surface area contributed by atoms with Crippen LogP contribution in [0.25, 0.3) is 0 Å². The van der Waals surface area contributed by atoms with Crippen molar-refractivity contribution in [3.8, 4) is 0 Å². The maximum absolute atomic E-state index is 9.70. The molecule has 0 fully saturated rings. The molecule has 0 saturated carbocycles. The van der Waals surface area contributed by atoms with Crippen LogP contribution in [-0.2, 0) is 4.79 Å². The van der Waals surface area contributed by atoms with E-state index in [2.05, 4.69) is 15.5 Å². The van der Waals surface area contributed by atoms with Gasteiger partial charge in [0.2, 0.25) is 5.91 Å². The summed E-state index contributed by atoms with van der Waals surface area (Å²) in [6.45, 7) is 1.47. The molecule has 0 bridgehead atoms. The minimum absolute atomic E-state index is 0.00463. The Morgan fingerprint density at radius 1 is 1.70 bits per heavy atom. The van der Waals surface area contributed by atoms with Crippen LogP contribution in [0.5, 0.6) is 0 Å². The van der Waals surface area contributed by atoms with Crippen LogP contribution in [0.15, 0.2) is 18.5 Å². The number of H-pyrrole nitrogens is 1. The maximum Gasteiger partial charge on any atom is 0.216 e. The quantitative estimate of drug-likeness (QED) is 0.540. The van der Waals surface area contributed by atoms with Crippen molar-refractivity contribution in [1.29, 1.82) is 0 Å². The number of amides is 1.